The zero-order chi connectivity index (χ0) is 26.6. The number of nitrogens with zero attached hydrogens (tertiary/aromatic N) is 2. The summed E-state index contributed by atoms with van der Waals surface area (Å²) in [5.74, 6) is 0.580. The van der Waals surface area contributed by atoms with Crippen molar-refractivity contribution < 1.29 is 18.7 Å². The van der Waals surface area contributed by atoms with Gasteiger partial charge in [0, 0.05) is 23.2 Å². The maximum Gasteiger partial charge on any atom is 0.308 e. The lowest BCUT2D eigenvalue weighted by Gasteiger charge is -2.33. The van der Waals surface area contributed by atoms with Crippen LogP contribution in [-0.2, 0) is 14.3 Å². The van der Waals surface area contributed by atoms with E-state index in [2.05, 4.69) is 5.32 Å². The average Bonchev–Trinajstić information content (AvgIpc) is 3.31. The highest BCUT2D eigenvalue weighted by atomic mass is 35.5. The van der Waals surface area contributed by atoms with Crippen LogP contribution < -0.4 is 5.32 Å². The molecule has 1 N–H and O–H groups in total. The molecular weight excluding hydrogens is 505 g/mol. The van der Waals surface area contributed by atoms with Gasteiger partial charge < -0.3 is 14.6 Å². The standard InChI is InChI=1S/C30H35ClFN3O3/c1-38-30(37)22-9-7-19(8-10-22)18-33-29(36)27(20-5-3-2-4-6-20)35-26-16-15-24(32)17-25(26)34-28(35)21-11-13-23(31)14-12-21/h11-17,19-20,22,27H,2-10,18H2,1H3,(H,33,36). The number of hydrogen-bond donors (Lipinski definition) is 1. The Kier molecular flexibility index (Phi) is 8.32. The summed E-state index contributed by atoms with van der Waals surface area (Å²) in [6.07, 6.45) is 8.62. The van der Waals surface area contributed by atoms with Gasteiger partial charge in [0.1, 0.15) is 17.7 Å². The summed E-state index contributed by atoms with van der Waals surface area (Å²) in [5, 5.41) is 3.88. The summed E-state index contributed by atoms with van der Waals surface area (Å²) < 4.78 is 21.1. The van der Waals surface area contributed by atoms with Gasteiger partial charge in [-0.15, -0.1) is 0 Å². The van der Waals surface area contributed by atoms with E-state index >= 15 is 0 Å². The van der Waals surface area contributed by atoms with Crippen LogP contribution in [0.5, 0.6) is 0 Å². The normalized spacial score (nSPS) is 21.2. The van der Waals surface area contributed by atoms with Gasteiger partial charge in [-0.05, 0) is 86.8 Å². The van der Waals surface area contributed by atoms with Crippen LogP contribution in [0.25, 0.3) is 22.4 Å². The number of fused-ring (bicyclic) bond motifs is 1. The molecule has 2 aromatic carbocycles. The predicted molar refractivity (Wildman–Crippen MR) is 146 cm³/mol. The first kappa shape index (κ1) is 26.7. The Morgan fingerprint density at radius 2 is 1.76 bits per heavy atom. The number of methoxy groups -OCH3 is 1. The highest BCUT2D eigenvalue weighted by molar-refractivity contribution is 6.30. The van der Waals surface area contributed by atoms with Crippen LogP contribution in [0.3, 0.4) is 0 Å². The SMILES string of the molecule is COC(=O)C1CCC(CNC(=O)C(C2CCCCC2)n2c(-c3ccc(Cl)cc3)nc3cc(F)ccc32)CC1. The molecule has 0 aliphatic heterocycles. The van der Waals surface area contributed by atoms with E-state index in [-0.39, 0.29) is 29.5 Å². The predicted octanol–water partition coefficient (Wildman–Crippen LogP) is 6.71. The minimum absolute atomic E-state index is 0.0224. The maximum absolute atomic E-state index is 14.2. The number of carbonyl (C=O) groups excluding carboxylic acids is 2. The van der Waals surface area contributed by atoms with Crippen molar-refractivity contribution in [1.29, 1.82) is 0 Å². The number of esters is 1. The number of rotatable bonds is 7. The van der Waals surface area contributed by atoms with Gasteiger partial charge in [-0.25, -0.2) is 9.37 Å². The molecule has 1 atom stereocenters. The fourth-order valence-electron chi connectivity index (χ4n) is 6.27. The van der Waals surface area contributed by atoms with E-state index in [1.54, 1.807) is 6.07 Å². The van der Waals surface area contributed by atoms with E-state index in [1.165, 1.54) is 25.7 Å². The second-order valence-corrected chi connectivity index (χ2v) is 11.2. The largest absolute Gasteiger partial charge is 0.469 e. The highest BCUT2D eigenvalue weighted by Gasteiger charge is 2.35. The molecule has 202 valence electrons. The van der Waals surface area contributed by atoms with Crippen molar-refractivity contribution in [2.75, 3.05) is 13.7 Å². The van der Waals surface area contributed by atoms with Gasteiger partial charge in [0.05, 0.1) is 24.1 Å². The molecule has 2 aliphatic carbocycles. The van der Waals surface area contributed by atoms with Gasteiger partial charge in [-0.1, -0.05) is 30.9 Å². The van der Waals surface area contributed by atoms with Gasteiger partial charge >= 0.3 is 5.97 Å². The minimum atomic E-state index is -0.456. The fraction of sp³-hybridized carbons (Fsp3) is 0.500. The Morgan fingerprint density at radius 3 is 2.45 bits per heavy atom. The zero-order valence-corrected chi connectivity index (χ0v) is 22.6. The molecule has 1 unspecified atom stereocenters. The van der Waals surface area contributed by atoms with Gasteiger partial charge in [0.25, 0.3) is 0 Å². The van der Waals surface area contributed by atoms with Crippen LogP contribution >= 0.6 is 11.6 Å². The maximum atomic E-state index is 14.2. The number of imidazole rings is 1. The Bertz CT molecular complexity index is 1280. The van der Waals surface area contributed by atoms with Gasteiger partial charge in [-0.2, -0.15) is 0 Å². The molecule has 6 nitrogen and oxygen atoms in total. The Morgan fingerprint density at radius 1 is 1.05 bits per heavy atom. The Balaban J connectivity index is 1.45. The van der Waals surface area contributed by atoms with Crippen LogP contribution in [0.4, 0.5) is 4.39 Å². The van der Waals surface area contributed by atoms with E-state index in [9.17, 15) is 14.0 Å². The summed E-state index contributed by atoms with van der Waals surface area (Å²) in [7, 11) is 1.44. The molecule has 8 heteroatoms. The quantitative estimate of drug-likeness (QED) is 0.338. The lowest BCUT2D eigenvalue weighted by molar-refractivity contribution is -0.146. The van der Waals surface area contributed by atoms with E-state index in [1.807, 2.05) is 28.8 Å². The molecule has 1 heterocycles. The first-order chi connectivity index (χ1) is 18.4. The third-order valence-corrected chi connectivity index (χ3v) is 8.60. The summed E-state index contributed by atoms with van der Waals surface area (Å²) >= 11 is 6.16. The van der Waals surface area contributed by atoms with Crippen molar-refractivity contribution >= 4 is 34.5 Å². The molecule has 0 radical (unpaired) electrons. The first-order valence-corrected chi connectivity index (χ1v) is 14.1. The molecule has 0 bridgehead atoms. The molecule has 2 fully saturated rings. The Labute approximate surface area is 227 Å². The molecule has 38 heavy (non-hydrogen) atoms. The average molecular weight is 540 g/mol. The molecule has 1 amide bonds. The molecule has 2 saturated carbocycles. The first-order valence-electron chi connectivity index (χ1n) is 13.7. The van der Waals surface area contributed by atoms with Gasteiger partial charge in [-0.3, -0.25) is 9.59 Å². The summed E-state index contributed by atoms with van der Waals surface area (Å²) in [6.45, 7) is 0.577. The number of halogens is 2. The number of carbonyl (C=O) groups is 2. The molecule has 3 aromatic rings. The van der Waals surface area contributed by atoms with Crippen LogP contribution in [0.2, 0.25) is 5.02 Å². The summed E-state index contributed by atoms with van der Waals surface area (Å²) in [6, 6.07) is 11.5. The van der Waals surface area contributed by atoms with E-state index < -0.39 is 6.04 Å². The minimum Gasteiger partial charge on any atom is -0.469 e. The van der Waals surface area contributed by atoms with E-state index in [0.717, 1.165) is 62.4 Å². The van der Waals surface area contributed by atoms with E-state index in [0.29, 0.717) is 28.8 Å². The number of aromatic nitrogens is 2. The Hall–Kier alpha value is -2.93. The second kappa shape index (κ2) is 11.9. The van der Waals surface area contributed by atoms with Crippen molar-refractivity contribution in [3.63, 3.8) is 0 Å². The number of amides is 1. The van der Waals surface area contributed by atoms with Crippen LogP contribution in [-0.4, -0.2) is 35.1 Å². The molecule has 2 aliphatic rings. The topological polar surface area (TPSA) is 73.2 Å². The smallest absolute Gasteiger partial charge is 0.308 e. The lowest BCUT2D eigenvalue weighted by atomic mass is 9.81. The summed E-state index contributed by atoms with van der Waals surface area (Å²) in [4.78, 5) is 30.7. The molecule has 0 saturated heterocycles. The van der Waals surface area contributed by atoms with Crippen molar-refractivity contribution in [2.24, 2.45) is 17.8 Å². The highest BCUT2D eigenvalue weighted by Crippen LogP contribution is 2.39. The summed E-state index contributed by atoms with van der Waals surface area (Å²) in [5.41, 5.74) is 2.12. The third kappa shape index (κ3) is 5.73. The van der Waals surface area contributed by atoms with Crippen LogP contribution in [0.1, 0.15) is 63.8 Å². The number of ether oxygens (including phenoxy) is 1. The number of hydrogen-bond acceptors (Lipinski definition) is 4. The van der Waals surface area contributed by atoms with Crippen molar-refractivity contribution in [3.8, 4) is 11.4 Å². The molecule has 1 aromatic heterocycles. The zero-order valence-electron chi connectivity index (χ0n) is 21.8. The second-order valence-electron chi connectivity index (χ2n) is 10.8. The lowest BCUT2D eigenvalue weighted by Crippen LogP contribution is -2.40. The number of nitrogens with one attached hydrogen (secondary N) is 1. The third-order valence-electron chi connectivity index (χ3n) is 8.34. The molecule has 0 spiro atoms. The fourth-order valence-corrected chi connectivity index (χ4v) is 6.39. The van der Waals surface area contributed by atoms with Crippen molar-refractivity contribution in [2.45, 2.75) is 63.8 Å². The van der Waals surface area contributed by atoms with Crippen molar-refractivity contribution in [1.82, 2.24) is 14.9 Å². The van der Waals surface area contributed by atoms with Gasteiger partial charge in [0.15, 0.2) is 0 Å². The monoisotopic (exact) mass is 539 g/mol. The van der Waals surface area contributed by atoms with E-state index in [4.69, 9.17) is 21.3 Å². The van der Waals surface area contributed by atoms with Crippen molar-refractivity contribution in [3.05, 3.63) is 53.3 Å². The van der Waals surface area contributed by atoms with Crippen LogP contribution in [0, 0.1) is 23.6 Å². The van der Waals surface area contributed by atoms with Crippen LogP contribution in [0.15, 0.2) is 42.5 Å². The molecular formula is C30H35ClFN3O3. The van der Waals surface area contributed by atoms with Gasteiger partial charge in [0.2, 0.25) is 5.91 Å². The molecule has 5 rings (SSSR count). The number of benzene rings is 2.